The van der Waals surface area contributed by atoms with Gasteiger partial charge in [0.2, 0.25) is 0 Å². The van der Waals surface area contributed by atoms with E-state index in [4.69, 9.17) is 9.47 Å². The fourth-order valence-electron chi connectivity index (χ4n) is 2.29. The van der Waals surface area contributed by atoms with Crippen LogP contribution >= 0.6 is 15.9 Å². The lowest BCUT2D eigenvalue weighted by Crippen LogP contribution is -2.00. The first-order valence-electron chi connectivity index (χ1n) is 6.73. The van der Waals surface area contributed by atoms with Crippen molar-refractivity contribution in [1.29, 1.82) is 0 Å². The molecule has 2 aromatic rings. The smallest absolute Gasteiger partial charge is 0.136 e. The van der Waals surface area contributed by atoms with Crippen LogP contribution in [0.2, 0.25) is 0 Å². The summed E-state index contributed by atoms with van der Waals surface area (Å²) in [6.45, 7) is 5.74. The summed E-state index contributed by atoms with van der Waals surface area (Å²) < 4.78 is 12.4. The molecule has 0 unspecified atom stereocenters. The third-order valence-corrected chi connectivity index (χ3v) is 4.55. The second-order valence-electron chi connectivity index (χ2n) is 5.02. The number of rotatable bonds is 4. The molecule has 0 amide bonds. The van der Waals surface area contributed by atoms with E-state index in [1.165, 1.54) is 0 Å². The first kappa shape index (κ1) is 15.9. The lowest BCUT2D eigenvalue weighted by atomic mass is 10.1. The van der Waals surface area contributed by atoms with Gasteiger partial charge in [0.25, 0.3) is 0 Å². The molecule has 21 heavy (non-hydrogen) atoms. The van der Waals surface area contributed by atoms with Crippen molar-refractivity contribution in [3.8, 4) is 17.2 Å². The van der Waals surface area contributed by atoms with E-state index in [0.717, 1.165) is 21.3 Å². The minimum absolute atomic E-state index is 0.602. The number of ether oxygens (including phenoxy) is 2. The predicted octanol–water partition coefficient (Wildman–Crippen LogP) is 4.92. The van der Waals surface area contributed by atoms with E-state index in [2.05, 4.69) is 15.9 Å². The van der Waals surface area contributed by atoms with Crippen molar-refractivity contribution in [3.63, 3.8) is 0 Å². The zero-order valence-electron chi connectivity index (χ0n) is 12.6. The van der Waals surface area contributed by atoms with Crippen LogP contribution < -0.4 is 9.47 Å². The molecule has 0 bridgehead atoms. The molecule has 0 saturated heterocycles. The molecular formula is C17H19BrO3. The molecule has 0 aliphatic carbocycles. The Morgan fingerprint density at radius 2 is 1.67 bits per heavy atom. The highest BCUT2D eigenvalue weighted by atomic mass is 79.9. The van der Waals surface area contributed by atoms with Gasteiger partial charge in [-0.1, -0.05) is 22.0 Å². The molecule has 0 radical (unpaired) electrons. The number of methoxy groups -OCH3 is 1. The molecule has 0 heterocycles. The Kier molecular flexibility index (Phi) is 4.91. The Hall–Kier alpha value is -1.52. The lowest BCUT2D eigenvalue weighted by Gasteiger charge is -2.17. The predicted molar refractivity (Wildman–Crippen MR) is 87.3 cm³/mol. The Bertz CT molecular complexity index is 627. The van der Waals surface area contributed by atoms with Crippen LogP contribution in [0, 0.1) is 13.8 Å². The van der Waals surface area contributed by atoms with Crippen LogP contribution in [-0.4, -0.2) is 12.2 Å². The third kappa shape index (κ3) is 3.39. The first-order chi connectivity index (χ1) is 9.93. The van der Waals surface area contributed by atoms with E-state index in [9.17, 15) is 5.11 Å². The van der Waals surface area contributed by atoms with Crippen molar-refractivity contribution in [1.82, 2.24) is 0 Å². The highest BCUT2D eigenvalue weighted by Gasteiger charge is 2.16. The normalized spacial score (nSPS) is 12.1. The van der Waals surface area contributed by atoms with Gasteiger partial charge in [0.15, 0.2) is 0 Å². The van der Waals surface area contributed by atoms with E-state index in [1.807, 2.05) is 44.2 Å². The van der Waals surface area contributed by atoms with Crippen molar-refractivity contribution in [2.75, 3.05) is 7.11 Å². The summed E-state index contributed by atoms with van der Waals surface area (Å²) >= 11 is 3.54. The fourth-order valence-corrected chi connectivity index (χ4v) is 2.52. The van der Waals surface area contributed by atoms with Gasteiger partial charge < -0.3 is 14.6 Å². The Balaban J connectivity index is 2.44. The van der Waals surface area contributed by atoms with Gasteiger partial charge in [-0.2, -0.15) is 0 Å². The van der Waals surface area contributed by atoms with Crippen LogP contribution in [0.4, 0.5) is 0 Å². The van der Waals surface area contributed by atoms with Crippen LogP contribution in [0.15, 0.2) is 34.8 Å². The molecule has 0 spiro atoms. The second kappa shape index (κ2) is 6.50. The Labute approximate surface area is 133 Å². The van der Waals surface area contributed by atoms with E-state index < -0.39 is 6.10 Å². The standard InChI is InChI=1S/C17H19BrO3/c1-10-8-13(9-11(2)17(10)18)21-15-7-5-6-14(20-4)16(15)12(3)19/h5-9,12,19H,1-4H3/t12-/m1/s1. The quantitative estimate of drug-likeness (QED) is 0.850. The van der Waals surface area contributed by atoms with Gasteiger partial charge in [-0.05, 0) is 56.2 Å². The molecule has 4 heteroatoms. The van der Waals surface area contributed by atoms with Crippen LogP contribution in [0.25, 0.3) is 0 Å². The maximum absolute atomic E-state index is 9.98. The molecule has 1 N–H and O–H groups in total. The Morgan fingerprint density at radius 1 is 1.10 bits per heavy atom. The van der Waals surface area contributed by atoms with Gasteiger partial charge in [-0.3, -0.25) is 0 Å². The van der Waals surface area contributed by atoms with Crippen LogP contribution in [0.5, 0.6) is 17.2 Å². The summed E-state index contributed by atoms with van der Waals surface area (Å²) in [6.07, 6.45) is -0.672. The molecule has 2 rings (SSSR count). The molecule has 1 atom stereocenters. The average Bonchev–Trinajstić information content (AvgIpc) is 2.44. The third-order valence-electron chi connectivity index (χ3n) is 3.30. The summed E-state index contributed by atoms with van der Waals surface area (Å²) in [7, 11) is 1.58. The molecular weight excluding hydrogens is 332 g/mol. The number of aryl methyl sites for hydroxylation is 2. The number of halogens is 1. The molecule has 2 aromatic carbocycles. The van der Waals surface area contributed by atoms with E-state index in [0.29, 0.717) is 17.1 Å². The summed E-state index contributed by atoms with van der Waals surface area (Å²) in [5, 5.41) is 9.98. The maximum Gasteiger partial charge on any atom is 0.136 e. The van der Waals surface area contributed by atoms with Crippen LogP contribution in [0.1, 0.15) is 29.7 Å². The van der Waals surface area contributed by atoms with Gasteiger partial charge in [0.05, 0.1) is 18.8 Å². The van der Waals surface area contributed by atoms with E-state index in [-0.39, 0.29) is 0 Å². The van der Waals surface area contributed by atoms with Gasteiger partial charge in [-0.25, -0.2) is 0 Å². The molecule has 0 aliphatic heterocycles. The lowest BCUT2D eigenvalue weighted by molar-refractivity contribution is 0.190. The van der Waals surface area contributed by atoms with Crippen molar-refractivity contribution in [2.45, 2.75) is 26.9 Å². The summed E-state index contributed by atoms with van der Waals surface area (Å²) in [5.41, 5.74) is 2.86. The molecule has 3 nitrogen and oxygen atoms in total. The van der Waals surface area contributed by atoms with Gasteiger partial charge in [-0.15, -0.1) is 0 Å². The minimum Gasteiger partial charge on any atom is -0.496 e. The fraction of sp³-hybridized carbons (Fsp3) is 0.294. The largest absolute Gasteiger partial charge is 0.496 e. The van der Waals surface area contributed by atoms with Crippen molar-refractivity contribution in [3.05, 3.63) is 51.5 Å². The zero-order chi connectivity index (χ0) is 15.6. The van der Waals surface area contributed by atoms with Crippen LogP contribution in [-0.2, 0) is 0 Å². The maximum atomic E-state index is 9.98. The van der Waals surface area contributed by atoms with Crippen LogP contribution in [0.3, 0.4) is 0 Å². The van der Waals surface area contributed by atoms with Gasteiger partial charge in [0, 0.05) is 4.47 Å². The molecule has 0 fully saturated rings. The number of aliphatic hydroxyl groups is 1. The highest BCUT2D eigenvalue weighted by molar-refractivity contribution is 9.10. The molecule has 0 aromatic heterocycles. The van der Waals surface area contributed by atoms with Crippen molar-refractivity contribution < 1.29 is 14.6 Å². The number of hydrogen-bond acceptors (Lipinski definition) is 3. The van der Waals surface area contributed by atoms with Gasteiger partial charge in [0.1, 0.15) is 17.2 Å². The molecule has 0 aliphatic rings. The van der Waals surface area contributed by atoms with E-state index >= 15 is 0 Å². The SMILES string of the molecule is COc1cccc(Oc2cc(C)c(Br)c(C)c2)c1[C@@H](C)O. The average molecular weight is 351 g/mol. The minimum atomic E-state index is -0.672. The number of aliphatic hydroxyl groups excluding tert-OH is 1. The summed E-state index contributed by atoms with van der Waals surface area (Å²) in [4.78, 5) is 0. The van der Waals surface area contributed by atoms with Crippen molar-refractivity contribution >= 4 is 15.9 Å². The monoisotopic (exact) mass is 350 g/mol. The van der Waals surface area contributed by atoms with E-state index in [1.54, 1.807) is 14.0 Å². The topological polar surface area (TPSA) is 38.7 Å². The highest BCUT2D eigenvalue weighted by Crippen LogP contribution is 2.37. The molecule has 0 saturated carbocycles. The van der Waals surface area contributed by atoms with Crippen molar-refractivity contribution in [2.24, 2.45) is 0 Å². The zero-order valence-corrected chi connectivity index (χ0v) is 14.2. The summed E-state index contributed by atoms with van der Waals surface area (Å²) in [5.74, 6) is 1.96. The summed E-state index contributed by atoms with van der Waals surface area (Å²) in [6, 6.07) is 9.41. The number of hydrogen-bond donors (Lipinski definition) is 1. The number of benzene rings is 2. The Morgan fingerprint density at radius 3 is 2.19 bits per heavy atom. The molecule has 112 valence electrons. The van der Waals surface area contributed by atoms with Gasteiger partial charge >= 0.3 is 0 Å². The second-order valence-corrected chi connectivity index (χ2v) is 5.81. The first-order valence-corrected chi connectivity index (χ1v) is 7.53.